The van der Waals surface area contributed by atoms with Crippen molar-refractivity contribution < 1.29 is 59.0 Å². The van der Waals surface area contributed by atoms with Crippen LogP contribution in [-0.4, -0.2) is 72.9 Å². The van der Waals surface area contributed by atoms with Crippen LogP contribution in [0.2, 0.25) is 0 Å². The first-order valence-corrected chi connectivity index (χ1v) is 24.5. The van der Waals surface area contributed by atoms with Crippen molar-refractivity contribution in [2.75, 3.05) is 42.2 Å². The van der Waals surface area contributed by atoms with E-state index in [9.17, 15) is 0 Å². The fraction of sp³-hybridized carbons (Fsp3) is 0.529. The summed E-state index contributed by atoms with van der Waals surface area (Å²) in [5.41, 5.74) is 4.72. The van der Waals surface area contributed by atoms with Crippen LogP contribution in [-0.2, 0) is 35.9 Å². The van der Waals surface area contributed by atoms with Crippen LogP contribution in [0.15, 0.2) is 65.3 Å². The normalized spacial score (nSPS) is 20.3. The van der Waals surface area contributed by atoms with E-state index in [4.69, 9.17) is 59.0 Å². The molecule has 0 spiro atoms. The summed E-state index contributed by atoms with van der Waals surface area (Å²) in [5, 5.41) is 3.19. The highest BCUT2D eigenvalue weighted by molar-refractivity contribution is 7.32. The van der Waals surface area contributed by atoms with Gasteiger partial charge in [-0.05, 0) is 70.2 Å². The maximum absolute atomic E-state index is 7.06. The van der Waals surface area contributed by atoms with Crippen molar-refractivity contribution in [3.63, 3.8) is 0 Å². The van der Waals surface area contributed by atoms with E-state index in [0.717, 1.165) is 43.8 Å². The van der Waals surface area contributed by atoms with Crippen LogP contribution in [0.25, 0.3) is 43.9 Å². The molecule has 6 aromatic rings. The Morgan fingerprint density at radius 3 is 1.02 bits per heavy atom. The van der Waals surface area contributed by atoms with Crippen molar-refractivity contribution in [1.82, 2.24) is 0 Å². The molecule has 2 bridgehead atoms. The van der Waals surface area contributed by atoms with Gasteiger partial charge in [0.1, 0.15) is 63.6 Å². The minimum Gasteiger partial charge on any atom is -0.497 e. The van der Waals surface area contributed by atoms with Gasteiger partial charge in [-0.15, -0.1) is 0 Å². The van der Waals surface area contributed by atoms with E-state index in [0.29, 0.717) is 45.3 Å². The lowest BCUT2D eigenvalue weighted by molar-refractivity contribution is -0.232. The van der Waals surface area contributed by atoms with Crippen LogP contribution >= 0.6 is 16.5 Å². The second-order valence-corrected chi connectivity index (χ2v) is 23.3. The van der Waals surface area contributed by atoms with Crippen LogP contribution in [0, 0.1) is 0 Å². The molecule has 0 radical (unpaired) electrons. The largest absolute Gasteiger partial charge is 0.497 e. The molecule has 2 saturated heterocycles. The molecule has 8 rings (SSSR count). The van der Waals surface area contributed by atoms with Crippen LogP contribution in [0.5, 0.6) is 23.0 Å². The number of rotatable bonds is 9. The van der Waals surface area contributed by atoms with Crippen molar-refractivity contribution in [2.24, 2.45) is 0 Å². The van der Waals surface area contributed by atoms with E-state index < -0.39 is 47.2 Å². The SMILES string of the molecule is COc1cc(C(C)(C)C)c2op(O[C@@H]3[C@@H](OC)O[C@@H]4CO[C@H]3[C@@H]4Op3oc4c(C(C)(C)C)cc(OC)cc4c4cc(OC)cc(C(C)(C)C)c4o3)oc3c(C(C)(C)C)cc(OC)cc3c2c1. The zero-order chi connectivity index (χ0) is 47.8. The van der Waals surface area contributed by atoms with Crippen LogP contribution < -0.4 is 28.0 Å². The molecule has 0 saturated carbocycles. The van der Waals surface area contributed by atoms with Crippen molar-refractivity contribution >= 4 is 60.4 Å². The van der Waals surface area contributed by atoms with Gasteiger partial charge in [-0.25, -0.2) is 0 Å². The van der Waals surface area contributed by atoms with E-state index in [1.54, 1.807) is 35.5 Å². The molecule has 0 N–H and O–H groups in total. The molecular weight excluding hydrogens is 882 g/mol. The van der Waals surface area contributed by atoms with Gasteiger partial charge in [0.25, 0.3) is 0 Å². The first-order valence-electron chi connectivity index (χ1n) is 22.3. The summed E-state index contributed by atoms with van der Waals surface area (Å²) >= 11 is 0. The third kappa shape index (κ3) is 9.05. The second-order valence-electron chi connectivity index (χ2n) is 21.2. The number of fused-ring (bicyclic) bond motifs is 8. The summed E-state index contributed by atoms with van der Waals surface area (Å²) in [6, 6.07) is 15.9. The Bertz CT molecular complexity index is 2700. The number of hydrogen-bond donors (Lipinski definition) is 0. The quantitative estimate of drug-likeness (QED) is 0.136. The maximum atomic E-state index is 7.06. The van der Waals surface area contributed by atoms with Gasteiger partial charge in [-0.2, -0.15) is 0 Å². The van der Waals surface area contributed by atoms with Crippen molar-refractivity contribution in [3.8, 4) is 23.0 Å². The monoisotopic (exact) mass is 948 g/mol. The van der Waals surface area contributed by atoms with Crippen LogP contribution in [0.1, 0.15) is 105 Å². The molecular formula is C51H66O13P2. The lowest BCUT2D eigenvalue weighted by Gasteiger charge is -2.37. The Labute approximate surface area is 389 Å². The smallest absolute Gasteiger partial charge is 0.387 e. The predicted molar refractivity (Wildman–Crippen MR) is 260 cm³/mol. The van der Waals surface area contributed by atoms with E-state index >= 15 is 0 Å². The molecule has 13 nitrogen and oxygen atoms in total. The Morgan fingerprint density at radius 1 is 0.439 bits per heavy atom. The van der Waals surface area contributed by atoms with E-state index in [1.807, 2.05) is 48.5 Å². The van der Waals surface area contributed by atoms with Gasteiger partial charge in [-0.1, -0.05) is 83.1 Å². The fourth-order valence-electron chi connectivity index (χ4n) is 8.76. The molecule has 2 aliphatic rings. The summed E-state index contributed by atoms with van der Waals surface area (Å²) < 4.78 is 84.8. The molecule has 5 atom stereocenters. The van der Waals surface area contributed by atoms with E-state index in [1.165, 1.54) is 0 Å². The third-order valence-electron chi connectivity index (χ3n) is 12.4. The maximum Gasteiger partial charge on any atom is 0.387 e. The second kappa shape index (κ2) is 17.6. The van der Waals surface area contributed by atoms with Gasteiger partial charge in [0, 0.05) is 50.9 Å². The third-order valence-corrected chi connectivity index (χ3v) is 14.5. The highest BCUT2D eigenvalue weighted by Crippen LogP contribution is 2.49. The van der Waals surface area contributed by atoms with Crippen LogP contribution in [0.4, 0.5) is 0 Å². The van der Waals surface area contributed by atoms with Crippen molar-refractivity contribution in [3.05, 3.63) is 70.8 Å². The Hall–Kier alpha value is -4.32. The summed E-state index contributed by atoms with van der Waals surface area (Å²) in [6.45, 7) is 25.9. The first-order chi connectivity index (χ1) is 31.0. The molecule has 4 aromatic carbocycles. The summed E-state index contributed by atoms with van der Waals surface area (Å²) in [4.78, 5) is 0. The van der Waals surface area contributed by atoms with Crippen molar-refractivity contribution in [2.45, 2.75) is 135 Å². The number of ether oxygens (including phenoxy) is 7. The molecule has 0 unspecified atom stereocenters. The van der Waals surface area contributed by atoms with Gasteiger partial charge in [0.2, 0.25) is 0 Å². The topological polar surface area (TPSA) is 136 Å². The first kappa shape index (κ1) is 48.1. The molecule has 66 heavy (non-hydrogen) atoms. The van der Waals surface area contributed by atoms with E-state index in [-0.39, 0.29) is 28.3 Å². The molecule has 4 heterocycles. The van der Waals surface area contributed by atoms with Gasteiger partial charge in [0.05, 0.1) is 35.0 Å². The van der Waals surface area contributed by atoms with Gasteiger partial charge in [-0.3, -0.25) is 9.05 Å². The number of hydrogen-bond acceptors (Lipinski definition) is 13. The highest BCUT2D eigenvalue weighted by atomic mass is 31.1. The lowest BCUT2D eigenvalue weighted by atomic mass is 9.84. The summed E-state index contributed by atoms with van der Waals surface area (Å²) in [6.07, 6.45) is -3.71. The van der Waals surface area contributed by atoms with E-state index in [2.05, 4.69) is 83.1 Å². The fourth-order valence-corrected chi connectivity index (χ4v) is 11.3. The van der Waals surface area contributed by atoms with Crippen LogP contribution in [0.3, 0.4) is 0 Å². The molecule has 358 valence electrons. The van der Waals surface area contributed by atoms with Gasteiger partial charge < -0.3 is 49.9 Å². The minimum atomic E-state index is -2.21. The average molecular weight is 949 g/mol. The van der Waals surface area contributed by atoms with Gasteiger partial charge >= 0.3 is 16.5 Å². The zero-order valence-corrected chi connectivity index (χ0v) is 43.2. The Morgan fingerprint density at radius 2 is 0.742 bits per heavy atom. The molecule has 2 aromatic heterocycles. The highest BCUT2D eigenvalue weighted by Gasteiger charge is 2.55. The lowest BCUT2D eigenvalue weighted by Crippen LogP contribution is -2.57. The zero-order valence-electron chi connectivity index (χ0n) is 41.4. The minimum absolute atomic E-state index is 0.216. The number of methoxy groups -OCH3 is 5. The van der Waals surface area contributed by atoms with Crippen molar-refractivity contribution in [1.29, 1.82) is 0 Å². The standard InChI is InChI=1S/C51H66O13P2/c1-48(2,3)35-22-27(52-13)18-31-32-19-28(53-14)23-36(49(4,5)6)41(32)60-65(59-40(31)35)63-44-39-26-57-45(44)46(47(56-17)58-39)64-66-61-42-33(20-29(54-15)24-37(42)50(7,8)9)34-21-30(55-16)25-38(43(34)62-66)51(10,11)12/h18-25,39,44-47H,26H2,1-17H3/t39-,44-,45+,46+,47+/m1/s1. The summed E-state index contributed by atoms with van der Waals surface area (Å²) in [5.74, 6) is 2.75. The predicted octanol–water partition coefficient (Wildman–Crippen LogP) is 13.2. The Kier molecular flexibility index (Phi) is 12.9. The van der Waals surface area contributed by atoms with Gasteiger partial charge in [0.15, 0.2) is 12.4 Å². The Balaban J connectivity index is 1.33. The number of benzene rings is 4. The molecule has 0 amide bonds. The molecule has 15 heteroatoms. The molecule has 2 aliphatic heterocycles. The molecule has 2 fully saturated rings. The average Bonchev–Trinajstić information content (AvgIpc) is 3.35. The molecule has 0 aliphatic carbocycles. The summed E-state index contributed by atoms with van der Waals surface area (Å²) in [7, 11) is 3.88.